The van der Waals surface area contributed by atoms with Gasteiger partial charge in [-0.05, 0) is 0 Å². The molecule has 0 unspecified atom stereocenters. The van der Waals surface area contributed by atoms with Crippen LogP contribution >= 0.6 is 11.8 Å². The van der Waals surface area contributed by atoms with Crippen molar-refractivity contribution in [1.82, 2.24) is 0 Å². The molecule has 11 heavy (non-hydrogen) atoms. The van der Waals surface area contributed by atoms with Gasteiger partial charge in [-0.15, -0.1) is 0 Å². The first-order valence-electron chi connectivity index (χ1n) is 3.22. The summed E-state index contributed by atoms with van der Waals surface area (Å²) in [6.07, 6.45) is 0. The molecule has 0 saturated carbocycles. The van der Waals surface area contributed by atoms with E-state index in [1.54, 1.807) is 14.2 Å². The molecule has 0 aromatic rings. The average Bonchev–Trinajstić information content (AvgIpc) is 1.87. The predicted molar refractivity (Wildman–Crippen MR) is 49.6 cm³/mol. The summed E-state index contributed by atoms with van der Waals surface area (Å²) in [6, 6.07) is 0. The third-order valence-electron chi connectivity index (χ3n) is 0.899. The van der Waals surface area contributed by atoms with Gasteiger partial charge in [-0.3, -0.25) is 0 Å². The maximum Gasteiger partial charge on any atom is 0.0769 e. The number of ether oxygens (including phenoxy) is 2. The molecular weight excluding hydrogens is 160 g/mol. The minimum atomic E-state index is 0.563. The summed E-state index contributed by atoms with van der Waals surface area (Å²) in [6.45, 7) is 8.70. The smallest absolute Gasteiger partial charge is 0.0769 e. The van der Waals surface area contributed by atoms with E-state index in [1.165, 1.54) is 11.8 Å². The van der Waals surface area contributed by atoms with Gasteiger partial charge in [0.2, 0.25) is 0 Å². The third kappa shape index (κ3) is 6.16. The van der Waals surface area contributed by atoms with Gasteiger partial charge in [0.15, 0.2) is 0 Å². The molecule has 0 spiro atoms. The fourth-order valence-electron chi connectivity index (χ4n) is 0.585. The van der Waals surface area contributed by atoms with Gasteiger partial charge in [-0.25, -0.2) is 0 Å². The fourth-order valence-corrected chi connectivity index (χ4v) is 1.35. The molecule has 0 aromatic carbocycles. The Morgan fingerprint density at radius 3 is 1.73 bits per heavy atom. The number of thioether (sulfide) groups is 1. The Kier molecular flexibility index (Phi) is 6.31. The maximum atomic E-state index is 4.88. The van der Waals surface area contributed by atoms with Gasteiger partial charge in [0, 0.05) is 24.0 Å². The average molecular weight is 174 g/mol. The maximum absolute atomic E-state index is 4.88. The highest BCUT2D eigenvalue weighted by molar-refractivity contribution is 8.06. The van der Waals surface area contributed by atoms with Gasteiger partial charge in [0.05, 0.1) is 13.2 Å². The molecule has 0 fully saturated rings. The summed E-state index contributed by atoms with van der Waals surface area (Å²) in [7, 11) is 3.29. The Labute approximate surface area is 72.3 Å². The van der Waals surface area contributed by atoms with Gasteiger partial charge in [0.25, 0.3) is 0 Å². The fraction of sp³-hybridized carbons (Fsp3) is 0.500. The zero-order chi connectivity index (χ0) is 8.69. The summed E-state index contributed by atoms with van der Waals surface area (Å²) < 4.78 is 9.76. The first kappa shape index (κ1) is 10.8. The lowest BCUT2D eigenvalue weighted by Gasteiger charge is -2.05. The Hall–Kier alpha value is -0.250. The van der Waals surface area contributed by atoms with Gasteiger partial charge < -0.3 is 9.47 Å². The first-order valence-corrected chi connectivity index (χ1v) is 4.03. The van der Waals surface area contributed by atoms with Gasteiger partial charge >= 0.3 is 0 Å². The van der Waals surface area contributed by atoms with Crippen LogP contribution in [0.15, 0.2) is 23.0 Å². The highest BCUT2D eigenvalue weighted by atomic mass is 32.2. The Morgan fingerprint density at radius 2 is 1.45 bits per heavy atom. The molecule has 0 aliphatic rings. The number of rotatable bonds is 6. The van der Waals surface area contributed by atoms with E-state index in [0.29, 0.717) is 13.2 Å². The van der Waals surface area contributed by atoms with Gasteiger partial charge in [-0.2, -0.15) is 0 Å². The normalized spacial score (nSPS) is 9.64. The topological polar surface area (TPSA) is 18.5 Å². The number of methoxy groups -OCH3 is 2. The van der Waals surface area contributed by atoms with E-state index in [4.69, 9.17) is 9.47 Å². The van der Waals surface area contributed by atoms with Crippen LogP contribution in [0.2, 0.25) is 0 Å². The largest absolute Gasteiger partial charge is 0.379 e. The molecule has 0 bridgehead atoms. The predicted octanol–water partition coefficient (Wildman–Crippen LogP) is 2.04. The molecule has 0 amide bonds. The SMILES string of the molecule is C=C(COC)SC(=C)COC. The summed E-state index contributed by atoms with van der Waals surface area (Å²) in [4.78, 5) is 1.91. The van der Waals surface area contributed by atoms with Crippen molar-refractivity contribution in [3.8, 4) is 0 Å². The highest BCUT2D eigenvalue weighted by Crippen LogP contribution is 2.22. The van der Waals surface area contributed by atoms with E-state index in [2.05, 4.69) is 13.2 Å². The van der Waals surface area contributed by atoms with Crippen LogP contribution in [0.25, 0.3) is 0 Å². The van der Waals surface area contributed by atoms with Crippen LogP contribution in [0, 0.1) is 0 Å². The first-order chi connectivity index (χ1) is 5.20. The van der Waals surface area contributed by atoms with Crippen LogP contribution in [-0.2, 0) is 9.47 Å². The van der Waals surface area contributed by atoms with Crippen molar-refractivity contribution in [2.24, 2.45) is 0 Å². The lowest BCUT2D eigenvalue weighted by atomic mass is 10.7. The molecule has 0 radical (unpaired) electrons. The second kappa shape index (κ2) is 6.46. The molecule has 0 saturated heterocycles. The minimum absolute atomic E-state index is 0.563. The van der Waals surface area contributed by atoms with Crippen LogP contribution in [0.5, 0.6) is 0 Å². The van der Waals surface area contributed by atoms with Gasteiger partial charge in [0.1, 0.15) is 0 Å². The molecule has 0 aromatic heterocycles. The van der Waals surface area contributed by atoms with Crippen molar-refractivity contribution in [1.29, 1.82) is 0 Å². The molecule has 64 valence electrons. The summed E-state index contributed by atoms with van der Waals surface area (Å²) in [5.74, 6) is 0. The molecule has 2 nitrogen and oxygen atoms in total. The lowest BCUT2D eigenvalue weighted by Crippen LogP contribution is -1.93. The van der Waals surface area contributed by atoms with E-state index < -0.39 is 0 Å². The van der Waals surface area contributed by atoms with Crippen LogP contribution < -0.4 is 0 Å². The van der Waals surface area contributed by atoms with Crippen molar-refractivity contribution in [3.63, 3.8) is 0 Å². The van der Waals surface area contributed by atoms with E-state index in [-0.39, 0.29) is 0 Å². The van der Waals surface area contributed by atoms with Crippen LogP contribution in [0.3, 0.4) is 0 Å². The second-order valence-electron chi connectivity index (χ2n) is 2.05. The molecular formula is C8H14O2S. The lowest BCUT2D eigenvalue weighted by molar-refractivity contribution is 0.229. The highest BCUT2D eigenvalue weighted by Gasteiger charge is 1.97. The van der Waals surface area contributed by atoms with Crippen LogP contribution in [-0.4, -0.2) is 27.4 Å². The quantitative estimate of drug-likeness (QED) is 0.614. The van der Waals surface area contributed by atoms with E-state index in [1.807, 2.05) is 0 Å². The molecule has 0 atom stereocenters. The number of hydrogen-bond donors (Lipinski definition) is 0. The van der Waals surface area contributed by atoms with Crippen molar-refractivity contribution >= 4 is 11.8 Å². The van der Waals surface area contributed by atoms with Gasteiger partial charge in [-0.1, -0.05) is 24.9 Å². The third-order valence-corrected chi connectivity index (χ3v) is 1.71. The molecule has 3 heteroatoms. The van der Waals surface area contributed by atoms with Crippen LogP contribution in [0.4, 0.5) is 0 Å². The second-order valence-corrected chi connectivity index (χ2v) is 3.40. The standard InChI is InChI=1S/C8H14O2S/c1-7(5-9-3)11-8(2)6-10-4/h1-2,5-6H2,3-4H3. The summed E-state index contributed by atoms with van der Waals surface area (Å²) in [5, 5.41) is 0. The number of hydrogen-bond acceptors (Lipinski definition) is 3. The Morgan fingerprint density at radius 1 is 1.09 bits per heavy atom. The molecule has 0 aliphatic heterocycles. The van der Waals surface area contributed by atoms with Crippen molar-refractivity contribution < 1.29 is 9.47 Å². The minimum Gasteiger partial charge on any atom is -0.379 e. The Balaban J connectivity index is 3.49. The monoisotopic (exact) mass is 174 g/mol. The molecule has 0 heterocycles. The Bertz CT molecular complexity index is 127. The van der Waals surface area contributed by atoms with Crippen molar-refractivity contribution in [2.45, 2.75) is 0 Å². The molecule has 0 aliphatic carbocycles. The van der Waals surface area contributed by atoms with Crippen molar-refractivity contribution in [2.75, 3.05) is 27.4 Å². The zero-order valence-electron chi connectivity index (χ0n) is 7.05. The molecule has 0 rings (SSSR count). The van der Waals surface area contributed by atoms with E-state index in [0.717, 1.165) is 9.81 Å². The summed E-state index contributed by atoms with van der Waals surface area (Å²) in [5.41, 5.74) is 0. The molecule has 0 N–H and O–H groups in total. The van der Waals surface area contributed by atoms with E-state index in [9.17, 15) is 0 Å². The zero-order valence-corrected chi connectivity index (χ0v) is 7.87. The van der Waals surface area contributed by atoms with E-state index >= 15 is 0 Å². The van der Waals surface area contributed by atoms with Crippen LogP contribution in [0.1, 0.15) is 0 Å². The summed E-state index contributed by atoms with van der Waals surface area (Å²) >= 11 is 1.51. The van der Waals surface area contributed by atoms with Crippen molar-refractivity contribution in [3.05, 3.63) is 23.0 Å².